The van der Waals surface area contributed by atoms with E-state index in [0.29, 0.717) is 12.0 Å². The van der Waals surface area contributed by atoms with Gasteiger partial charge in [0.25, 0.3) is 0 Å². The summed E-state index contributed by atoms with van der Waals surface area (Å²) >= 11 is 5.64. The third-order valence-electron chi connectivity index (χ3n) is 1.93. The number of hydrogen-bond donors (Lipinski definition) is 0. The van der Waals surface area contributed by atoms with Crippen molar-refractivity contribution < 1.29 is 9.21 Å². The number of rotatable bonds is 4. The standard InChI is InChI=1S/C10H10ClNO2/c1-2-3-7(6-12)9(13)8-4-5-14-10(8)11/h4-5,7H,2-3H2,1H3. The highest BCUT2D eigenvalue weighted by Crippen LogP contribution is 2.22. The Balaban J connectivity index is 2.85. The third kappa shape index (κ3) is 2.15. The van der Waals surface area contributed by atoms with Crippen LogP contribution in [-0.4, -0.2) is 5.78 Å². The van der Waals surface area contributed by atoms with E-state index < -0.39 is 5.92 Å². The molecule has 1 unspecified atom stereocenters. The van der Waals surface area contributed by atoms with Gasteiger partial charge in [-0.2, -0.15) is 5.26 Å². The molecule has 0 aliphatic carbocycles. The Kier molecular flexibility index (Phi) is 3.73. The van der Waals surface area contributed by atoms with Crippen molar-refractivity contribution in [2.75, 3.05) is 0 Å². The second-order valence-corrected chi connectivity index (χ2v) is 3.29. The second kappa shape index (κ2) is 4.83. The zero-order valence-electron chi connectivity index (χ0n) is 7.79. The molecule has 0 fully saturated rings. The van der Waals surface area contributed by atoms with Crippen LogP contribution < -0.4 is 0 Å². The van der Waals surface area contributed by atoms with Gasteiger partial charge in [0.05, 0.1) is 17.9 Å². The van der Waals surface area contributed by atoms with Crippen molar-refractivity contribution in [1.82, 2.24) is 0 Å². The molecular weight excluding hydrogens is 202 g/mol. The Bertz CT molecular complexity index is 364. The smallest absolute Gasteiger partial charge is 0.203 e. The van der Waals surface area contributed by atoms with Crippen LogP contribution in [0.1, 0.15) is 30.1 Å². The molecule has 0 radical (unpaired) electrons. The van der Waals surface area contributed by atoms with Gasteiger partial charge in [0.15, 0.2) is 5.78 Å². The number of furan rings is 1. The van der Waals surface area contributed by atoms with Crippen LogP contribution in [0.4, 0.5) is 0 Å². The van der Waals surface area contributed by atoms with Gasteiger partial charge in [-0.25, -0.2) is 0 Å². The van der Waals surface area contributed by atoms with Crippen molar-refractivity contribution in [3.05, 3.63) is 23.1 Å². The summed E-state index contributed by atoms with van der Waals surface area (Å²) < 4.78 is 4.79. The summed E-state index contributed by atoms with van der Waals surface area (Å²) in [7, 11) is 0. The summed E-state index contributed by atoms with van der Waals surface area (Å²) in [6.45, 7) is 1.93. The minimum atomic E-state index is -0.616. The van der Waals surface area contributed by atoms with E-state index in [1.54, 1.807) is 0 Å². The van der Waals surface area contributed by atoms with E-state index in [1.165, 1.54) is 12.3 Å². The molecule has 0 spiro atoms. The molecule has 0 N–H and O–H groups in total. The first kappa shape index (κ1) is 10.8. The quantitative estimate of drug-likeness (QED) is 0.720. The lowest BCUT2D eigenvalue weighted by atomic mass is 9.96. The lowest BCUT2D eigenvalue weighted by molar-refractivity contribution is 0.0943. The fourth-order valence-electron chi connectivity index (χ4n) is 1.20. The van der Waals surface area contributed by atoms with Crippen LogP contribution in [0.3, 0.4) is 0 Å². The number of carbonyl (C=O) groups is 1. The van der Waals surface area contributed by atoms with Crippen LogP contribution in [0.5, 0.6) is 0 Å². The molecule has 0 aliphatic heterocycles. The van der Waals surface area contributed by atoms with Gasteiger partial charge < -0.3 is 4.42 Å². The molecule has 74 valence electrons. The monoisotopic (exact) mass is 211 g/mol. The summed E-state index contributed by atoms with van der Waals surface area (Å²) in [5.41, 5.74) is 0.298. The van der Waals surface area contributed by atoms with Gasteiger partial charge in [-0.05, 0) is 24.1 Å². The predicted octanol–water partition coefficient (Wildman–Crippen LogP) is 3.06. The van der Waals surface area contributed by atoms with E-state index in [2.05, 4.69) is 0 Å². The largest absolute Gasteiger partial charge is 0.452 e. The maximum absolute atomic E-state index is 11.7. The maximum atomic E-state index is 11.7. The SMILES string of the molecule is CCCC(C#N)C(=O)c1ccoc1Cl. The first-order chi connectivity index (χ1) is 6.70. The van der Waals surface area contributed by atoms with Crippen molar-refractivity contribution in [3.8, 4) is 6.07 Å². The Morgan fingerprint density at radius 3 is 2.93 bits per heavy atom. The minimum absolute atomic E-state index is 0.0614. The summed E-state index contributed by atoms with van der Waals surface area (Å²) in [6, 6.07) is 3.46. The summed E-state index contributed by atoms with van der Waals surface area (Å²) in [5.74, 6) is -0.872. The van der Waals surface area contributed by atoms with Crippen molar-refractivity contribution in [3.63, 3.8) is 0 Å². The molecule has 3 nitrogen and oxygen atoms in total. The summed E-state index contributed by atoms with van der Waals surface area (Å²) in [5, 5.41) is 8.83. The summed E-state index contributed by atoms with van der Waals surface area (Å²) in [4.78, 5) is 11.7. The fourth-order valence-corrected chi connectivity index (χ4v) is 1.41. The van der Waals surface area contributed by atoms with Crippen molar-refractivity contribution in [1.29, 1.82) is 5.26 Å². The zero-order valence-corrected chi connectivity index (χ0v) is 8.54. The molecule has 0 aliphatic rings. The van der Waals surface area contributed by atoms with Crippen LogP contribution in [0.2, 0.25) is 5.22 Å². The molecular formula is C10H10ClNO2. The molecule has 0 amide bonds. The first-order valence-corrected chi connectivity index (χ1v) is 4.75. The maximum Gasteiger partial charge on any atom is 0.203 e. The Labute approximate surface area is 87.3 Å². The van der Waals surface area contributed by atoms with Crippen molar-refractivity contribution in [2.45, 2.75) is 19.8 Å². The Morgan fingerprint density at radius 2 is 2.50 bits per heavy atom. The molecule has 14 heavy (non-hydrogen) atoms. The molecule has 1 rings (SSSR count). The van der Waals surface area contributed by atoms with E-state index in [0.717, 1.165) is 6.42 Å². The average Bonchev–Trinajstić information content (AvgIpc) is 2.59. The highest BCUT2D eigenvalue weighted by molar-refractivity contribution is 6.32. The number of nitrogens with zero attached hydrogens (tertiary/aromatic N) is 1. The molecule has 1 aromatic rings. The number of hydrogen-bond acceptors (Lipinski definition) is 3. The van der Waals surface area contributed by atoms with Gasteiger partial charge in [0.2, 0.25) is 5.22 Å². The van der Waals surface area contributed by atoms with Gasteiger partial charge in [0, 0.05) is 0 Å². The lowest BCUT2D eigenvalue weighted by Gasteiger charge is -2.03. The van der Waals surface area contributed by atoms with Crippen molar-refractivity contribution in [2.24, 2.45) is 5.92 Å². The number of halogens is 1. The normalized spacial score (nSPS) is 12.1. The highest BCUT2D eigenvalue weighted by atomic mass is 35.5. The molecule has 0 saturated carbocycles. The lowest BCUT2D eigenvalue weighted by Crippen LogP contribution is -2.12. The average molecular weight is 212 g/mol. The molecule has 0 saturated heterocycles. The van der Waals surface area contributed by atoms with E-state index in [4.69, 9.17) is 21.3 Å². The van der Waals surface area contributed by atoms with Gasteiger partial charge >= 0.3 is 0 Å². The topological polar surface area (TPSA) is 54.0 Å². The van der Waals surface area contributed by atoms with Gasteiger partial charge in [-0.3, -0.25) is 4.79 Å². The molecule has 0 bridgehead atoms. The van der Waals surface area contributed by atoms with Crippen molar-refractivity contribution >= 4 is 17.4 Å². The van der Waals surface area contributed by atoms with Crippen LogP contribution in [0.25, 0.3) is 0 Å². The number of ketones is 1. The van der Waals surface area contributed by atoms with Crippen LogP contribution >= 0.6 is 11.6 Å². The number of carbonyl (C=O) groups excluding carboxylic acids is 1. The van der Waals surface area contributed by atoms with E-state index in [1.807, 2.05) is 13.0 Å². The molecule has 0 aromatic carbocycles. The van der Waals surface area contributed by atoms with Crippen LogP contribution in [0, 0.1) is 17.2 Å². The molecule has 4 heteroatoms. The molecule has 1 aromatic heterocycles. The van der Waals surface area contributed by atoms with Crippen LogP contribution in [0.15, 0.2) is 16.7 Å². The van der Waals surface area contributed by atoms with Crippen LogP contribution in [-0.2, 0) is 0 Å². The number of nitriles is 1. The minimum Gasteiger partial charge on any atom is -0.452 e. The van der Waals surface area contributed by atoms with Gasteiger partial charge in [-0.15, -0.1) is 0 Å². The Hall–Kier alpha value is -1.27. The fraction of sp³-hybridized carbons (Fsp3) is 0.400. The first-order valence-electron chi connectivity index (χ1n) is 4.37. The number of Topliss-reactive ketones (excluding diaryl/α,β-unsaturated/α-hetero) is 1. The zero-order chi connectivity index (χ0) is 10.6. The Morgan fingerprint density at radius 1 is 1.79 bits per heavy atom. The van der Waals surface area contributed by atoms with E-state index in [9.17, 15) is 4.79 Å². The predicted molar refractivity (Wildman–Crippen MR) is 52.1 cm³/mol. The summed E-state index contributed by atoms with van der Waals surface area (Å²) in [6.07, 6.45) is 2.69. The molecule has 1 atom stereocenters. The van der Waals surface area contributed by atoms with E-state index >= 15 is 0 Å². The highest BCUT2D eigenvalue weighted by Gasteiger charge is 2.22. The van der Waals surface area contributed by atoms with Gasteiger partial charge in [0.1, 0.15) is 5.92 Å². The van der Waals surface area contributed by atoms with E-state index in [-0.39, 0.29) is 11.0 Å². The second-order valence-electron chi connectivity index (χ2n) is 2.94. The molecule has 1 heterocycles. The van der Waals surface area contributed by atoms with Gasteiger partial charge in [-0.1, -0.05) is 13.3 Å². The third-order valence-corrected chi connectivity index (χ3v) is 2.23.